The maximum absolute atomic E-state index is 12.3. The van der Waals surface area contributed by atoms with Crippen molar-refractivity contribution < 1.29 is 14.0 Å². The second-order valence-electron chi connectivity index (χ2n) is 5.16. The highest BCUT2D eigenvalue weighted by Gasteiger charge is 2.31. The quantitative estimate of drug-likeness (QED) is 0.442. The lowest BCUT2D eigenvalue weighted by Crippen LogP contribution is -2.30. The molecular weight excluding hydrogens is 332 g/mol. The van der Waals surface area contributed by atoms with E-state index in [-0.39, 0.29) is 11.8 Å². The average molecular weight is 352 g/mol. The van der Waals surface area contributed by atoms with E-state index in [4.69, 9.17) is 16.6 Å². The summed E-state index contributed by atoms with van der Waals surface area (Å²) in [5, 5.41) is 2.87. The van der Waals surface area contributed by atoms with Gasteiger partial charge in [-0.3, -0.25) is 14.5 Å². The topological polar surface area (TPSA) is 62.6 Å². The molecule has 1 aromatic heterocycles. The van der Waals surface area contributed by atoms with Crippen LogP contribution in [0.5, 0.6) is 0 Å². The smallest absolute Gasteiger partial charge is 0.266 e. The van der Waals surface area contributed by atoms with Crippen molar-refractivity contribution in [3.63, 3.8) is 0 Å². The first-order valence-corrected chi connectivity index (χ1v) is 8.90. The lowest BCUT2D eigenvalue weighted by molar-refractivity contribution is -0.124. The largest absolute Gasteiger partial charge is 0.465 e. The Labute approximate surface area is 145 Å². The van der Waals surface area contributed by atoms with Gasteiger partial charge in [0.15, 0.2) is 0 Å². The summed E-state index contributed by atoms with van der Waals surface area (Å²) in [4.78, 5) is 26.1. The van der Waals surface area contributed by atoms with Crippen LogP contribution in [0, 0.1) is 0 Å². The zero-order chi connectivity index (χ0) is 16.7. The summed E-state index contributed by atoms with van der Waals surface area (Å²) in [7, 11) is 0. The predicted octanol–water partition coefficient (Wildman–Crippen LogP) is 3.18. The molecule has 1 aromatic rings. The van der Waals surface area contributed by atoms with Gasteiger partial charge >= 0.3 is 0 Å². The molecular formula is C16H20N2O3S2. The van der Waals surface area contributed by atoms with Crippen molar-refractivity contribution in [2.75, 3.05) is 13.1 Å². The number of hydrogen-bond donors (Lipinski definition) is 1. The minimum absolute atomic E-state index is 0.0232. The van der Waals surface area contributed by atoms with Crippen LogP contribution in [0.2, 0.25) is 0 Å². The molecule has 0 unspecified atom stereocenters. The summed E-state index contributed by atoms with van der Waals surface area (Å²) in [6.07, 6.45) is 6.29. The normalized spacial score (nSPS) is 16.4. The van der Waals surface area contributed by atoms with E-state index >= 15 is 0 Å². The van der Waals surface area contributed by atoms with Crippen LogP contribution in [-0.2, 0) is 9.59 Å². The average Bonchev–Trinajstić information content (AvgIpc) is 3.11. The molecule has 2 amide bonds. The zero-order valence-electron chi connectivity index (χ0n) is 13.0. The molecule has 0 aromatic carbocycles. The maximum atomic E-state index is 12.3. The molecule has 5 nitrogen and oxygen atoms in total. The number of furan rings is 1. The van der Waals surface area contributed by atoms with E-state index in [0.717, 1.165) is 12.8 Å². The molecule has 23 heavy (non-hydrogen) atoms. The molecule has 0 bridgehead atoms. The lowest BCUT2D eigenvalue weighted by Gasteiger charge is -2.14. The Morgan fingerprint density at radius 1 is 1.48 bits per heavy atom. The van der Waals surface area contributed by atoms with Crippen LogP contribution < -0.4 is 5.32 Å². The van der Waals surface area contributed by atoms with E-state index in [1.807, 2.05) is 0 Å². The third-order valence-corrected chi connectivity index (χ3v) is 4.71. The number of nitrogens with zero attached hydrogens (tertiary/aromatic N) is 1. The van der Waals surface area contributed by atoms with Gasteiger partial charge in [-0.25, -0.2) is 0 Å². The molecule has 0 atom stereocenters. The second kappa shape index (κ2) is 8.88. The van der Waals surface area contributed by atoms with Crippen molar-refractivity contribution in [3.05, 3.63) is 29.1 Å². The zero-order valence-corrected chi connectivity index (χ0v) is 14.7. The van der Waals surface area contributed by atoms with E-state index in [1.165, 1.54) is 11.8 Å². The van der Waals surface area contributed by atoms with Gasteiger partial charge in [-0.1, -0.05) is 37.3 Å². The number of thioether (sulfide) groups is 1. The van der Waals surface area contributed by atoms with Crippen LogP contribution in [0.15, 0.2) is 27.7 Å². The minimum Gasteiger partial charge on any atom is -0.465 e. The minimum atomic E-state index is -0.122. The molecule has 0 spiro atoms. The van der Waals surface area contributed by atoms with Crippen LogP contribution in [0.4, 0.5) is 0 Å². The van der Waals surface area contributed by atoms with Gasteiger partial charge in [0.25, 0.3) is 5.91 Å². The summed E-state index contributed by atoms with van der Waals surface area (Å²) in [5.41, 5.74) is 0. The fraction of sp³-hybridized carbons (Fsp3) is 0.438. The van der Waals surface area contributed by atoms with Crippen LogP contribution in [-0.4, -0.2) is 34.1 Å². The fourth-order valence-corrected chi connectivity index (χ4v) is 3.37. The van der Waals surface area contributed by atoms with Crippen molar-refractivity contribution in [1.29, 1.82) is 0 Å². The Bertz CT molecular complexity index is 596. The van der Waals surface area contributed by atoms with Crippen molar-refractivity contribution in [2.45, 2.75) is 32.6 Å². The fourth-order valence-electron chi connectivity index (χ4n) is 2.09. The Balaban J connectivity index is 1.81. The molecule has 1 saturated heterocycles. The number of rotatable bonds is 8. The van der Waals surface area contributed by atoms with Gasteiger partial charge in [0.1, 0.15) is 10.1 Å². The van der Waals surface area contributed by atoms with Gasteiger partial charge in [0, 0.05) is 25.6 Å². The van der Waals surface area contributed by atoms with Crippen molar-refractivity contribution >= 4 is 46.2 Å². The SMILES string of the molecule is CCCCNC(=O)CCCN1C(=O)C(=Cc2ccco2)SC1=S. The molecule has 1 aliphatic rings. The molecule has 124 valence electrons. The molecule has 0 radical (unpaired) electrons. The van der Waals surface area contributed by atoms with Crippen LogP contribution in [0.3, 0.4) is 0 Å². The van der Waals surface area contributed by atoms with E-state index in [0.29, 0.717) is 40.9 Å². The summed E-state index contributed by atoms with van der Waals surface area (Å²) in [5.74, 6) is 0.526. The highest BCUT2D eigenvalue weighted by atomic mass is 32.2. The maximum Gasteiger partial charge on any atom is 0.266 e. The Morgan fingerprint density at radius 2 is 2.30 bits per heavy atom. The monoisotopic (exact) mass is 352 g/mol. The van der Waals surface area contributed by atoms with Crippen LogP contribution in [0.25, 0.3) is 6.08 Å². The van der Waals surface area contributed by atoms with Crippen molar-refractivity contribution in [1.82, 2.24) is 10.2 Å². The van der Waals surface area contributed by atoms with Gasteiger partial charge in [0.2, 0.25) is 5.91 Å². The number of thiocarbonyl (C=S) groups is 1. The summed E-state index contributed by atoms with van der Waals surface area (Å²) >= 11 is 6.52. The number of amides is 2. The van der Waals surface area contributed by atoms with Gasteiger partial charge in [-0.05, 0) is 25.0 Å². The molecule has 0 aliphatic carbocycles. The van der Waals surface area contributed by atoms with E-state index in [2.05, 4.69) is 12.2 Å². The molecule has 2 rings (SSSR count). The van der Waals surface area contributed by atoms with Gasteiger partial charge < -0.3 is 9.73 Å². The predicted molar refractivity (Wildman–Crippen MR) is 95.7 cm³/mol. The van der Waals surface area contributed by atoms with Crippen molar-refractivity contribution in [2.24, 2.45) is 0 Å². The molecule has 2 heterocycles. The summed E-state index contributed by atoms with van der Waals surface area (Å²) in [6, 6.07) is 3.55. The molecule has 1 fully saturated rings. The molecule has 7 heteroatoms. The second-order valence-corrected chi connectivity index (χ2v) is 6.83. The first kappa shape index (κ1) is 17.7. The summed E-state index contributed by atoms with van der Waals surface area (Å²) < 4.78 is 5.74. The van der Waals surface area contributed by atoms with Crippen molar-refractivity contribution in [3.8, 4) is 0 Å². The molecule has 1 aliphatic heterocycles. The third kappa shape index (κ3) is 5.21. The first-order valence-electron chi connectivity index (χ1n) is 7.67. The number of unbranched alkanes of at least 4 members (excludes halogenated alkanes) is 1. The van der Waals surface area contributed by atoms with Gasteiger partial charge in [-0.15, -0.1) is 0 Å². The van der Waals surface area contributed by atoms with E-state index in [9.17, 15) is 9.59 Å². The lowest BCUT2D eigenvalue weighted by atomic mass is 10.2. The Morgan fingerprint density at radius 3 is 3.00 bits per heavy atom. The molecule has 1 N–H and O–H groups in total. The highest BCUT2D eigenvalue weighted by Crippen LogP contribution is 2.32. The summed E-state index contributed by atoms with van der Waals surface area (Å²) in [6.45, 7) is 3.25. The number of hydrogen-bond acceptors (Lipinski definition) is 5. The van der Waals surface area contributed by atoms with E-state index in [1.54, 1.807) is 29.4 Å². The highest BCUT2D eigenvalue weighted by molar-refractivity contribution is 8.26. The molecule has 0 saturated carbocycles. The number of nitrogens with one attached hydrogen (secondary N) is 1. The number of carbonyl (C=O) groups excluding carboxylic acids is 2. The van der Waals surface area contributed by atoms with Crippen LogP contribution in [0.1, 0.15) is 38.4 Å². The van der Waals surface area contributed by atoms with E-state index < -0.39 is 0 Å². The standard InChI is InChI=1S/C16H20N2O3S2/c1-2-3-8-17-14(19)7-4-9-18-15(20)13(23-16(18)22)11-12-6-5-10-21-12/h5-6,10-11H,2-4,7-9H2,1H3,(H,17,19). The first-order chi connectivity index (χ1) is 11.1. The van der Waals surface area contributed by atoms with Gasteiger partial charge in [-0.2, -0.15) is 0 Å². The van der Waals surface area contributed by atoms with Gasteiger partial charge in [0.05, 0.1) is 11.2 Å². The Kier molecular flexibility index (Phi) is 6.85. The Hall–Kier alpha value is -1.60. The van der Waals surface area contributed by atoms with Crippen LogP contribution >= 0.6 is 24.0 Å². The number of carbonyl (C=O) groups is 2. The third-order valence-electron chi connectivity index (χ3n) is 3.33.